The molecule has 3 aromatic rings. The molecule has 3 aromatic carbocycles. The van der Waals surface area contributed by atoms with E-state index in [9.17, 15) is 0 Å². The molecule has 0 heterocycles. The molecule has 2 aliphatic carbocycles. The van der Waals surface area contributed by atoms with Crippen molar-refractivity contribution >= 4 is 22.8 Å². The first-order valence-corrected chi connectivity index (χ1v) is 9.61. The smallest absolute Gasteiger partial charge is 0.00642 e. The summed E-state index contributed by atoms with van der Waals surface area (Å²) in [5.41, 5.74) is 8.25. The zero-order chi connectivity index (χ0) is 18.4. The van der Waals surface area contributed by atoms with Crippen LogP contribution in [0, 0.1) is 10.4 Å². The molecule has 0 aromatic heterocycles. The van der Waals surface area contributed by atoms with Crippen molar-refractivity contribution in [1.82, 2.24) is 0 Å². The molecule has 0 amide bonds. The lowest BCUT2D eigenvalue weighted by Crippen LogP contribution is -2.13. The second-order valence-corrected chi connectivity index (χ2v) is 7.55. The summed E-state index contributed by atoms with van der Waals surface area (Å²) >= 11 is 0. The van der Waals surface area contributed by atoms with Crippen LogP contribution in [0.15, 0.2) is 78.9 Å². The highest BCUT2D eigenvalue weighted by Crippen LogP contribution is 2.36. The molecule has 27 heavy (non-hydrogen) atoms. The first-order valence-electron chi connectivity index (χ1n) is 9.61. The van der Waals surface area contributed by atoms with E-state index in [1.54, 1.807) is 0 Å². The monoisotopic (exact) mass is 346 g/mol. The summed E-state index contributed by atoms with van der Waals surface area (Å²) in [5, 5.41) is 5.40. The van der Waals surface area contributed by atoms with Crippen LogP contribution in [0.4, 0.5) is 0 Å². The van der Waals surface area contributed by atoms with E-state index in [1.807, 2.05) is 0 Å². The molecule has 0 saturated heterocycles. The van der Waals surface area contributed by atoms with Crippen LogP contribution in [0.2, 0.25) is 0 Å². The summed E-state index contributed by atoms with van der Waals surface area (Å²) in [5.74, 6) is 0. The highest BCUT2D eigenvalue weighted by molar-refractivity contribution is 6.00. The largest absolute Gasteiger partial charge is 0.0795 e. The van der Waals surface area contributed by atoms with Gasteiger partial charge in [-0.25, -0.2) is 0 Å². The zero-order valence-electron chi connectivity index (χ0n) is 15.8. The van der Waals surface area contributed by atoms with Gasteiger partial charge in [-0.1, -0.05) is 84.5 Å². The molecule has 0 radical (unpaired) electrons. The summed E-state index contributed by atoms with van der Waals surface area (Å²) in [6.45, 7) is 4.44. The number of benzene rings is 3. The van der Waals surface area contributed by atoms with Crippen molar-refractivity contribution in [3.63, 3.8) is 0 Å². The van der Waals surface area contributed by atoms with Gasteiger partial charge >= 0.3 is 0 Å². The second kappa shape index (κ2) is 6.25. The fraction of sp³-hybridized carbons (Fsp3) is 0.111. The Morgan fingerprint density at radius 3 is 2.37 bits per heavy atom. The molecular formula is C27H22. The first kappa shape index (κ1) is 16.1. The van der Waals surface area contributed by atoms with Gasteiger partial charge in [-0.15, -0.1) is 0 Å². The molecule has 0 unspecified atom stereocenters. The number of hydrogen-bond acceptors (Lipinski definition) is 0. The Morgan fingerprint density at radius 1 is 0.778 bits per heavy atom. The highest BCUT2D eigenvalue weighted by atomic mass is 14.2. The third-order valence-corrected chi connectivity index (χ3v) is 5.65. The molecule has 0 aliphatic heterocycles. The van der Waals surface area contributed by atoms with E-state index in [2.05, 4.69) is 98.8 Å². The minimum absolute atomic E-state index is 0.991. The van der Waals surface area contributed by atoms with Gasteiger partial charge in [-0.05, 0) is 75.1 Å². The van der Waals surface area contributed by atoms with Crippen molar-refractivity contribution in [2.24, 2.45) is 0 Å². The van der Waals surface area contributed by atoms with E-state index in [4.69, 9.17) is 0 Å². The van der Waals surface area contributed by atoms with Gasteiger partial charge in [0.25, 0.3) is 0 Å². The first-order chi connectivity index (χ1) is 13.2. The van der Waals surface area contributed by atoms with E-state index in [0.29, 0.717) is 0 Å². The van der Waals surface area contributed by atoms with Crippen LogP contribution in [0.1, 0.15) is 37.0 Å². The Labute approximate surface area is 159 Å². The fourth-order valence-corrected chi connectivity index (χ4v) is 4.40. The molecule has 5 rings (SSSR count). The molecule has 0 saturated carbocycles. The molecule has 0 bridgehead atoms. The zero-order valence-corrected chi connectivity index (χ0v) is 15.8. The Morgan fingerprint density at radius 2 is 1.56 bits per heavy atom. The van der Waals surface area contributed by atoms with Crippen molar-refractivity contribution in [2.75, 3.05) is 0 Å². The normalized spacial score (nSPS) is 14.1. The van der Waals surface area contributed by atoms with Crippen LogP contribution in [0.25, 0.3) is 22.8 Å². The van der Waals surface area contributed by atoms with E-state index in [-0.39, 0.29) is 0 Å². The summed E-state index contributed by atoms with van der Waals surface area (Å²) in [6, 6.07) is 24.1. The van der Waals surface area contributed by atoms with Crippen molar-refractivity contribution in [2.45, 2.75) is 20.3 Å². The molecule has 0 spiro atoms. The SMILES string of the molecule is CC(C)=c1ccc2c(c1C1=C(c3ccccc3)C=CC1)C=c1ccccc1=2. The highest BCUT2D eigenvalue weighted by Gasteiger charge is 2.19. The fourth-order valence-electron chi connectivity index (χ4n) is 4.40. The third kappa shape index (κ3) is 2.52. The van der Waals surface area contributed by atoms with E-state index in [0.717, 1.165) is 6.42 Å². The van der Waals surface area contributed by atoms with Crippen LogP contribution in [0.3, 0.4) is 0 Å². The maximum atomic E-state index is 2.38. The second-order valence-electron chi connectivity index (χ2n) is 7.55. The standard InChI is InChI=1S/C27H22/c1-18(2)21-15-16-24-23-12-7-6-11-20(23)17-26(24)27(21)25-14-8-13-22(25)19-9-4-3-5-10-19/h3-13,15-17H,14H2,1-2H3. The quantitative estimate of drug-likeness (QED) is 0.469. The Kier molecular flexibility index (Phi) is 3.72. The molecule has 0 heteroatoms. The molecule has 0 nitrogen and oxygen atoms in total. The molecular weight excluding hydrogens is 324 g/mol. The van der Waals surface area contributed by atoms with Crippen molar-refractivity contribution in [3.05, 3.63) is 116 Å². The van der Waals surface area contributed by atoms with Gasteiger partial charge in [0.15, 0.2) is 0 Å². The van der Waals surface area contributed by atoms with Crippen molar-refractivity contribution in [1.29, 1.82) is 0 Å². The summed E-state index contributed by atoms with van der Waals surface area (Å²) in [7, 11) is 0. The van der Waals surface area contributed by atoms with Gasteiger partial charge in [0.2, 0.25) is 0 Å². The number of hydrogen-bond donors (Lipinski definition) is 0. The maximum Gasteiger partial charge on any atom is -0.00642 e. The van der Waals surface area contributed by atoms with Gasteiger partial charge in [-0.2, -0.15) is 0 Å². The molecule has 0 N–H and O–H groups in total. The summed E-state index contributed by atoms with van der Waals surface area (Å²) in [6.07, 6.45) is 7.96. The Balaban J connectivity index is 1.92. The molecule has 2 aliphatic rings. The summed E-state index contributed by atoms with van der Waals surface area (Å²) in [4.78, 5) is 0. The van der Waals surface area contributed by atoms with Gasteiger partial charge < -0.3 is 0 Å². The predicted molar refractivity (Wildman–Crippen MR) is 115 cm³/mol. The van der Waals surface area contributed by atoms with E-state index >= 15 is 0 Å². The van der Waals surface area contributed by atoms with Crippen LogP contribution >= 0.6 is 0 Å². The lowest BCUT2D eigenvalue weighted by atomic mass is 9.90. The van der Waals surface area contributed by atoms with Gasteiger partial charge in [-0.3, -0.25) is 0 Å². The predicted octanol–water partition coefficient (Wildman–Crippen LogP) is 5.18. The topological polar surface area (TPSA) is 0 Å². The molecule has 0 atom stereocenters. The van der Waals surface area contributed by atoms with Crippen LogP contribution < -0.4 is 10.4 Å². The van der Waals surface area contributed by atoms with Gasteiger partial charge in [0.1, 0.15) is 0 Å². The number of rotatable bonds is 2. The summed E-state index contributed by atoms with van der Waals surface area (Å²) < 4.78 is 0. The van der Waals surface area contributed by atoms with Crippen molar-refractivity contribution in [3.8, 4) is 0 Å². The van der Waals surface area contributed by atoms with Crippen LogP contribution in [-0.4, -0.2) is 0 Å². The Bertz CT molecular complexity index is 1330. The molecule has 0 fully saturated rings. The van der Waals surface area contributed by atoms with Gasteiger partial charge in [0.05, 0.1) is 0 Å². The van der Waals surface area contributed by atoms with Crippen LogP contribution in [-0.2, 0) is 0 Å². The average molecular weight is 346 g/mol. The molecule has 130 valence electrons. The average Bonchev–Trinajstić information content (AvgIpc) is 3.32. The Hall–Kier alpha value is -3.12. The lowest BCUT2D eigenvalue weighted by Gasteiger charge is -2.14. The number of allylic oxidation sites excluding steroid dienone is 4. The maximum absolute atomic E-state index is 2.38. The minimum atomic E-state index is 0.991. The van der Waals surface area contributed by atoms with Gasteiger partial charge in [0, 0.05) is 0 Å². The minimum Gasteiger partial charge on any atom is -0.0795 e. The number of fused-ring (bicyclic) bond motifs is 2. The lowest BCUT2D eigenvalue weighted by molar-refractivity contribution is 1.35. The van der Waals surface area contributed by atoms with Crippen molar-refractivity contribution < 1.29 is 0 Å². The van der Waals surface area contributed by atoms with E-state index in [1.165, 1.54) is 54.3 Å². The third-order valence-electron chi connectivity index (χ3n) is 5.65. The van der Waals surface area contributed by atoms with Crippen LogP contribution in [0.5, 0.6) is 0 Å². The van der Waals surface area contributed by atoms with E-state index < -0.39 is 0 Å².